The zero-order valence-corrected chi connectivity index (χ0v) is 10.9. The Bertz CT molecular complexity index is 325. The van der Waals surface area contributed by atoms with Gasteiger partial charge in [0.25, 0.3) is 0 Å². The van der Waals surface area contributed by atoms with Gasteiger partial charge >= 0.3 is 0 Å². The molecule has 0 fully saturated rings. The molecule has 0 saturated heterocycles. The van der Waals surface area contributed by atoms with Gasteiger partial charge in [0.2, 0.25) is 0 Å². The minimum atomic E-state index is 0.462. The number of hydrogen-bond acceptors (Lipinski definition) is 4. The van der Waals surface area contributed by atoms with E-state index in [9.17, 15) is 0 Å². The second-order valence-electron chi connectivity index (χ2n) is 4.39. The monoisotopic (exact) mass is 222 g/mol. The summed E-state index contributed by atoms with van der Waals surface area (Å²) in [5.41, 5.74) is 0. The molecule has 1 aromatic rings. The highest BCUT2D eigenvalue weighted by Gasteiger charge is 2.14. The lowest BCUT2D eigenvalue weighted by molar-refractivity contribution is 0.502. The predicted molar refractivity (Wildman–Crippen MR) is 68.9 cm³/mol. The van der Waals surface area contributed by atoms with E-state index in [2.05, 4.69) is 54.9 Å². The Hall–Kier alpha value is -1.32. The first-order valence-corrected chi connectivity index (χ1v) is 5.85. The fourth-order valence-electron chi connectivity index (χ4n) is 1.47. The number of nitrogens with zero attached hydrogens (tertiary/aromatic N) is 3. The second kappa shape index (κ2) is 5.68. The first-order valence-electron chi connectivity index (χ1n) is 5.85. The number of aromatic nitrogens is 2. The van der Waals surface area contributed by atoms with Crippen LogP contribution < -0.4 is 10.2 Å². The van der Waals surface area contributed by atoms with Crippen LogP contribution in [0.4, 0.5) is 11.6 Å². The highest BCUT2D eigenvalue weighted by Crippen LogP contribution is 2.18. The van der Waals surface area contributed by atoms with Gasteiger partial charge in [0, 0.05) is 25.7 Å². The summed E-state index contributed by atoms with van der Waals surface area (Å²) in [6, 6.07) is 2.45. The van der Waals surface area contributed by atoms with Gasteiger partial charge in [0.15, 0.2) is 0 Å². The van der Waals surface area contributed by atoms with E-state index in [0.29, 0.717) is 12.0 Å². The van der Waals surface area contributed by atoms with Crippen molar-refractivity contribution in [3.05, 3.63) is 12.4 Å². The van der Waals surface area contributed by atoms with Gasteiger partial charge in [-0.25, -0.2) is 9.97 Å². The van der Waals surface area contributed by atoms with Crippen molar-refractivity contribution in [2.24, 2.45) is 5.92 Å². The van der Waals surface area contributed by atoms with Crippen molar-refractivity contribution >= 4 is 11.6 Å². The fourth-order valence-corrected chi connectivity index (χ4v) is 1.47. The second-order valence-corrected chi connectivity index (χ2v) is 4.39. The van der Waals surface area contributed by atoms with Crippen LogP contribution in [0.5, 0.6) is 0 Å². The van der Waals surface area contributed by atoms with E-state index in [-0.39, 0.29) is 0 Å². The van der Waals surface area contributed by atoms with E-state index >= 15 is 0 Å². The molecule has 16 heavy (non-hydrogen) atoms. The Labute approximate surface area is 98.1 Å². The van der Waals surface area contributed by atoms with E-state index in [4.69, 9.17) is 0 Å². The van der Waals surface area contributed by atoms with E-state index in [1.54, 1.807) is 6.33 Å². The van der Waals surface area contributed by atoms with Crippen LogP contribution in [0.3, 0.4) is 0 Å². The molecular weight excluding hydrogens is 200 g/mol. The highest BCUT2D eigenvalue weighted by molar-refractivity contribution is 5.48. The van der Waals surface area contributed by atoms with Gasteiger partial charge in [-0.05, 0) is 19.8 Å². The Kier molecular flexibility index (Phi) is 4.52. The van der Waals surface area contributed by atoms with Crippen LogP contribution in [-0.4, -0.2) is 29.6 Å². The first kappa shape index (κ1) is 12.7. The zero-order valence-electron chi connectivity index (χ0n) is 10.9. The molecule has 90 valence electrons. The Morgan fingerprint density at radius 2 is 2.00 bits per heavy atom. The molecule has 0 aromatic carbocycles. The molecule has 1 N–H and O–H groups in total. The van der Waals surface area contributed by atoms with Crippen LogP contribution in [0, 0.1) is 5.92 Å². The number of anilines is 2. The molecule has 1 rings (SSSR count). The Morgan fingerprint density at radius 3 is 2.56 bits per heavy atom. The summed E-state index contributed by atoms with van der Waals surface area (Å²) >= 11 is 0. The maximum Gasteiger partial charge on any atom is 0.134 e. The summed E-state index contributed by atoms with van der Waals surface area (Å²) in [5, 5.41) is 3.19. The van der Waals surface area contributed by atoms with Crippen LogP contribution in [0.25, 0.3) is 0 Å². The summed E-state index contributed by atoms with van der Waals surface area (Å²) < 4.78 is 0. The van der Waals surface area contributed by atoms with Crippen molar-refractivity contribution in [2.75, 3.05) is 23.8 Å². The lowest BCUT2D eigenvalue weighted by Gasteiger charge is -2.29. The SMILES string of the molecule is CCNc1cc(N(C)C(C)C(C)C)ncn1. The third-order valence-corrected chi connectivity index (χ3v) is 2.95. The lowest BCUT2D eigenvalue weighted by Crippen LogP contribution is -2.33. The number of hydrogen-bond donors (Lipinski definition) is 1. The van der Waals surface area contributed by atoms with Crippen molar-refractivity contribution in [3.8, 4) is 0 Å². The third-order valence-electron chi connectivity index (χ3n) is 2.95. The summed E-state index contributed by atoms with van der Waals surface area (Å²) in [6.07, 6.45) is 1.61. The molecule has 4 heteroatoms. The van der Waals surface area contributed by atoms with Crippen LogP contribution in [0.15, 0.2) is 12.4 Å². The molecule has 0 radical (unpaired) electrons. The van der Waals surface area contributed by atoms with Crippen LogP contribution in [0.1, 0.15) is 27.7 Å². The van der Waals surface area contributed by atoms with Gasteiger partial charge in [-0.15, -0.1) is 0 Å². The van der Waals surface area contributed by atoms with Crippen molar-refractivity contribution in [3.63, 3.8) is 0 Å². The Balaban J connectivity index is 2.82. The third kappa shape index (κ3) is 3.08. The van der Waals surface area contributed by atoms with Crippen molar-refractivity contribution in [1.82, 2.24) is 9.97 Å². The summed E-state index contributed by atoms with van der Waals surface area (Å²) in [5.74, 6) is 2.45. The van der Waals surface area contributed by atoms with Gasteiger partial charge in [-0.2, -0.15) is 0 Å². The standard InChI is InChI=1S/C12H22N4/c1-6-13-11-7-12(15-8-14-11)16(5)10(4)9(2)3/h7-10H,6H2,1-5H3,(H,13,14,15). The minimum Gasteiger partial charge on any atom is -0.370 e. The van der Waals surface area contributed by atoms with Crippen LogP contribution >= 0.6 is 0 Å². The van der Waals surface area contributed by atoms with Crippen LogP contribution in [0.2, 0.25) is 0 Å². The quantitative estimate of drug-likeness (QED) is 0.830. The van der Waals surface area contributed by atoms with Gasteiger partial charge in [0.1, 0.15) is 18.0 Å². The first-order chi connectivity index (χ1) is 7.56. The van der Waals surface area contributed by atoms with Crippen LogP contribution in [-0.2, 0) is 0 Å². The largest absolute Gasteiger partial charge is 0.370 e. The molecule has 0 spiro atoms. The molecule has 0 aliphatic rings. The molecule has 0 amide bonds. The molecule has 0 bridgehead atoms. The molecule has 1 aromatic heterocycles. The van der Waals surface area contributed by atoms with Gasteiger partial charge in [-0.1, -0.05) is 13.8 Å². The molecule has 1 heterocycles. The average Bonchev–Trinajstić information content (AvgIpc) is 2.28. The highest BCUT2D eigenvalue weighted by atomic mass is 15.2. The summed E-state index contributed by atoms with van der Waals surface area (Å²) in [7, 11) is 2.07. The number of rotatable bonds is 5. The number of nitrogens with one attached hydrogen (secondary N) is 1. The minimum absolute atomic E-state index is 0.462. The zero-order chi connectivity index (χ0) is 12.1. The van der Waals surface area contributed by atoms with Crippen molar-refractivity contribution in [2.45, 2.75) is 33.7 Å². The molecule has 0 aliphatic heterocycles. The van der Waals surface area contributed by atoms with E-state index in [1.807, 2.05) is 6.07 Å². The topological polar surface area (TPSA) is 41.0 Å². The molecule has 4 nitrogen and oxygen atoms in total. The Morgan fingerprint density at radius 1 is 1.31 bits per heavy atom. The van der Waals surface area contributed by atoms with E-state index in [0.717, 1.165) is 18.2 Å². The molecule has 1 unspecified atom stereocenters. The average molecular weight is 222 g/mol. The molecule has 1 atom stereocenters. The lowest BCUT2D eigenvalue weighted by atomic mass is 10.1. The van der Waals surface area contributed by atoms with Gasteiger partial charge in [-0.3, -0.25) is 0 Å². The summed E-state index contributed by atoms with van der Waals surface area (Å²) in [6.45, 7) is 9.57. The molecule has 0 saturated carbocycles. The van der Waals surface area contributed by atoms with Gasteiger partial charge < -0.3 is 10.2 Å². The normalized spacial score (nSPS) is 12.6. The maximum atomic E-state index is 4.30. The molecular formula is C12H22N4. The van der Waals surface area contributed by atoms with Crippen molar-refractivity contribution in [1.29, 1.82) is 0 Å². The predicted octanol–water partition coefficient (Wildman–Crippen LogP) is 2.39. The maximum absolute atomic E-state index is 4.30. The van der Waals surface area contributed by atoms with E-state index < -0.39 is 0 Å². The smallest absolute Gasteiger partial charge is 0.134 e. The fraction of sp³-hybridized carbons (Fsp3) is 0.667. The van der Waals surface area contributed by atoms with Crippen molar-refractivity contribution < 1.29 is 0 Å². The summed E-state index contributed by atoms with van der Waals surface area (Å²) in [4.78, 5) is 10.7. The molecule has 0 aliphatic carbocycles. The van der Waals surface area contributed by atoms with Gasteiger partial charge in [0.05, 0.1) is 0 Å². The van der Waals surface area contributed by atoms with E-state index in [1.165, 1.54) is 0 Å².